The van der Waals surface area contributed by atoms with Crippen LogP contribution in [-0.2, 0) is 95.5 Å². The molecule has 0 amide bonds. The zero-order valence-corrected chi connectivity index (χ0v) is 50.5. The largest absolute Gasteiger partial charge is 2.00 e. The van der Waals surface area contributed by atoms with E-state index in [2.05, 4.69) is 97.6 Å². The molecule has 22 nitrogen and oxygen atoms in total. The molecule has 0 saturated heterocycles. The number of nitrogens with zero attached hydrogens (tertiary/aromatic N) is 6. The Morgan fingerprint density at radius 2 is 0.644 bits per heavy atom. The third-order valence-electron chi connectivity index (χ3n) is 6.96. The minimum Gasteiger partial charge on any atom is -0.507 e. The first-order chi connectivity index (χ1) is 30.3. The summed E-state index contributed by atoms with van der Waals surface area (Å²) in [6.07, 6.45) is -3.47. The van der Waals surface area contributed by atoms with E-state index < -0.39 is 37.7 Å². The molecule has 2 rings (SSSR count). The number of aliphatic imine (C=N–C) groups is 2. The summed E-state index contributed by atoms with van der Waals surface area (Å²) in [6.45, 7) is 29.0. The van der Waals surface area contributed by atoms with Crippen molar-refractivity contribution >= 4 is 12.4 Å². The van der Waals surface area contributed by atoms with Crippen LogP contribution < -0.4 is 0 Å². The summed E-state index contributed by atoms with van der Waals surface area (Å²) in [6, 6.07) is 8.09. The standard InChI is InChI=1S/2C17H29N3O.6C2H6O2.5Ni.2H2O/c2*1-6-18-12-15-10-14(3)11-16(17(15)21)13-20(7-2)9-8-19(4)5;6*1-2(3)4;;;;;;;/h2*10-12,21H,6-9,13H2,1-5H3;6*2-4H,1H3;;;;;;2*1H2/q;;;;;;;;;;;2*+2;;. The third kappa shape index (κ3) is 91.0. The molecule has 18 N–H and O–H groups in total. The normalized spacial score (nSPS) is 9.84. The summed E-state index contributed by atoms with van der Waals surface area (Å²) in [5, 5.41) is 112. The number of phenols is 2. The molecule has 0 unspecified atom stereocenters. The number of hydrogen-bond acceptors (Lipinski definition) is 20. The molecule has 0 saturated carbocycles. The SMILES string of the molecule is CC(O)O.CC(O)O.CC(O)O.CC(O)O.CC(O)O.CC(O)O.CCN=Cc1cc(C)cc(CN(CC)CCN(C)C)c1O.CCN=Cc1cc(C)cc(CN(CC)CCN(C)C)c1O.O.O.[Ni+2].[Ni+2].[Ni].[Ni].[Ni]. The molecule has 0 bridgehead atoms. The van der Waals surface area contributed by atoms with Crippen molar-refractivity contribution in [1.29, 1.82) is 0 Å². The van der Waals surface area contributed by atoms with Crippen LogP contribution in [0.2, 0.25) is 0 Å². The average Bonchev–Trinajstić information content (AvgIpc) is 3.15. The number of phenolic OH excluding ortho intramolecular Hbond substituents is 2. The van der Waals surface area contributed by atoms with Crippen molar-refractivity contribution in [3.8, 4) is 11.5 Å². The summed E-state index contributed by atoms with van der Waals surface area (Å²) < 4.78 is 0. The fourth-order valence-electron chi connectivity index (χ4n) is 4.45. The van der Waals surface area contributed by atoms with E-state index in [9.17, 15) is 10.2 Å². The summed E-state index contributed by atoms with van der Waals surface area (Å²) in [7, 11) is 8.32. The van der Waals surface area contributed by atoms with E-state index in [-0.39, 0.29) is 93.4 Å². The molecule has 2 aromatic rings. The number of hydrogen-bond donors (Lipinski definition) is 14. The number of aliphatic hydroxyl groups is 12. The van der Waals surface area contributed by atoms with Gasteiger partial charge >= 0.3 is 33.0 Å². The van der Waals surface area contributed by atoms with Crippen LogP contribution in [0.3, 0.4) is 0 Å². The molecule has 0 aliphatic carbocycles. The fraction of sp³-hybridized carbons (Fsp3) is 0.696. The van der Waals surface area contributed by atoms with Gasteiger partial charge in [0.15, 0.2) is 0 Å². The van der Waals surface area contributed by atoms with E-state index >= 15 is 0 Å². The Bertz CT molecular complexity index is 1310. The Morgan fingerprint density at radius 1 is 0.438 bits per heavy atom. The molecule has 0 aliphatic heterocycles. The van der Waals surface area contributed by atoms with Gasteiger partial charge in [0.1, 0.15) is 49.2 Å². The van der Waals surface area contributed by atoms with Gasteiger partial charge in [-0.2, -0.15) is 0 Å². The summed E-state index contributed by atoms with van der Waals surface area (Å²) >= 11 is 0. The zero-order valence-electron chi connectivity index (χ0n) is 45.5. The maximum atomic E-state index is 10.4. The second-order valence-electron chi connectivity index (χ2n) is 15.1. The van der Waals surface area contributed by atoms with Crippen molar-refractivity contribution in [2.45, 2.75) is 134 Å². The van der Waals surface area contributed by atoms with Crippen molar-refractivity contribution in [3.63, 3.8) is 0 Å². The molecule has 454 valence electrons. The molecule has 0 heterocycles. The van der Waals surface area contributed by atoms with Gasteiger partial charge in [-0.3, -0.25) is 19.8 Å². The van der Waals surface area contributed by atoms with Crippen LogP contribution >= 0.6 is 0 Å². The van der Waals surface area contributed by atoms with E-state index in [1.807, 2.05) is 26.0 Å². The first-order valence-corrected chi connectivity index (χ1v) is 21.9. The van der Waals surface area contributed by atoms with Crippen LogP contribution in [0.4, 0.5) is 0 Å². The van der Waals surface area contributed by atoms with Gasteiger partial charge in [0, 0.05) is 137 Å². The number of aromatic hydroxyl groups is 2. The molecule has 0 atom stereocenters. The van der Waals surface area contributed by atoms with E-state index in [0.717, 1.165) is 98.8 Å². The summed E-state index contributed by atoms with van der Waals surface area (Å²) in [5.41, 5.74) is 5.90. The maximum Gasteiger partial charge on any atom is 2.00 e. The Morgan fingerprint density at radius 3 is 0.808 bits per heavy atom. The predicted molar refractivity (Wildman–Crippen MR) is 272 cm³/mol. The first-order valence-electron chi connectivity index (χ1n) is 21.9. The van der Waals surface area contributed by atoms with Crippen molar-refractivity contribution in [2.75, 3.05) is 80.5 Å². The molecule has 0 aromatic heterocycles. The molecular formula is C46H98N6Ni5O16+4. The second kappa shape index (κ2) is 69.1. The van der Waals surface area contributed by atoms with E-state index in [4.69, 9.17) is 61.3 Å². The quantitative estimate of drug-likeness (QED) is 0.0561. The predicted octanol–water partition coefficient (Wildman–Crippen LogP) is -0.714. The van der Waals surface area contributed by atoms with E-state index in [0.29, 0.717) is 11.5 Å². The minimum absolute atomic E-state index is 0. The molecule has 2 aromatic carbocycles. The van der Waals surface area contributed by atoms with Crippen molar-refractivity contribution in [3.05, 3.63) is 57.6 Å². The van der Waals surface area contributed by atoms with E-state index in [1.54, 1.807) is 12.4 Å². The Hall–Kier alpha value is -0.872. The van der Waals surface area contributed by atoms with Gasteiger partial charge in [-0.1, -0.05) is 26.0 Å². The van der Waals surface area contributed by atoms with Gasteiger partial charge in [-0.05, 0) is 134 Å². The van der Waals surface area contributed by atoms with Crippen LogP contribution in [0.1, 0.15) is 103 Å². The summed E-state index contributed by atoms with van der Waals surface area (Å²) in [4.78, 5) is 17.5. The average molecular weight is 1280 g/mol. The van der Waals surface area contributed by atoms with E-state index in [1.165, 1.54) is 41.5 Å². The van der Waals surface area contributed by atoms with Crippen LogP contribution in [0.25, 0.3) is 0 Å². The first kappa shape index (κ1) is 104. The van der Waals surface area contributed by atoms with Gasteiger partial charge in [0.2, 0.25) is 0 Å². The van der Waals surface area contributed by atoms with Crippen LogP contribution in [0, 0.1) is 13.8 Å². The Labute approximate surface area is 487 Å². The fourth-order valence-corrected chi connectivity index (χ4v) is 4.45. The molecule has 27 heteroatoms. The van der Waals surface area contributed by atoms with Gasteiger partial charge < -0.3 is 92.2 Å². The number of rotatable bonds is 16. The third-order valence-corrected chi connectivity index (χ3v) is 6.96. The number of likely N-dealkylation sites (N-methyl/N-ethyl adjacent to an activating group) is 4. The molecular weight excluding hydrogens is 1190 g/mol. The van der Waals surface area contributed by atoms with Gasteiger partial charge in [0.05, 0.1) is 0 Å². The van der Waals surface area contributed by atoms with Crippen LogP contribution in [0.5, 0.6) is 11.5 Å². The van der Waals surface area contributed by atoms with Gasteiger partial charge in [0.25, 0.3) is 0 Å². The number of aryl methyl sites for hydroxylation is 2. The second-order valence-corrected chi connectivity index (χ2v) is 15.1. The van der Waals surface area contributed by atoms with Gasteiger partial charge in [-0.15, -0.1) is 0 Å². The van der Waals surface area contributed by atoms with Crippen molar-refractivity contribution < 1.29 is 165 Å². The Balaban J connectivity index is -0.0000000583. The number of aliphatic hydroxyl groups excluding tert-OH is 6. The van der Waals surface area contributed by atoms with Gasteiger partial charge in [-0.25, -0.2) is 0 Å². The van der Waals surface area contributed by atoms with Crippen molar-refractivity contribution in [1.82, 2.24) is 19.6 Å². The molecule has 0 radical (unpaired) electrons. The minimum atomic E-state index is -1.17. The summed E-state index contributed by atoms with van der Waals surface area (Å²) in [5.74, 6) is 0.724. The van der Waals surface area contributed by atoms with Crippen LogP contribution in [0.15, 0.2) is 34.3 Å². The monoisotopic (exact) mass is 1280 g/mol. The molecule has 0 aliphatic rings. The van der Waals surface area contributed by atoms with Crippen molar-refractivity contribution in [2.24, 2.45) is 9.98 Å². The Kier molecular flexibility index (Phi) is 98.9. The number of benzene rings is 2. The smallest absolute Gasteiger partial charge is 0.507 e. The van der Waals surface area contributed by atoms with Crippen LogP contribution in [-0.4, -0.2) is 233 Å². The molecule has 73 heavy (non-hydrogen) atoms. The molecule has 0 spiro atoms. The molecule has 0 fully saturated rings. The topological polar surface area (TPSA) is 384 Å². The maximum absolute atomic E-state index is 10.4. The zero-order chi connectivity index (χ0) is 53.1.